The molecule has 0 aliphatic rings. The van der Waals surface area contributed by atoms with Crippen molar-refractivity contribution in [1.29, 1.82) is 0 Å². The van der Waals surface area contributed by atoms with Crippen LogP contribution in [0.4, 0.5) is 0 Å². The van der Waals surface area contributed by atoms with Gasteiger partial charge in [-0.05, 0) is 5.56 Å². The van der Waals surface area contributed by atoms with Crippen LogP contribution in [0.5, 0.6) is 0 Å². The fourth-order valence-electron chi connectivity index (χ4n) is 2.76. The van der Waals surface area contributed by atoms with Crippen LogP contribution in [0.2, 0.25) is 0 Å². The molecular weight excluding hydrogens is 436 g/mol. The lowest BCUT2D eigenvalue weighted by Crippen LogP contribution is -2.34. The van der Waals surface area contributed by atoms with E-state index in [4.69, 9.17) is 10.0 Å². The monoisotopic (exact) mass is 450 g/mol. The Hall–Kier alpha value is -5.14. The summed E-state index contributed by atoms with van der Waals surface area (Å²) in [4.78, 5) is 69.7. The van der Waals surface area contributed by atoms with Crippen LogP contribution in [-0.2, 0) is 6.61 Å². The summed E-state index contributed by atoms with van der Waals surface area (Å²) in [5.74, 6) is 0. The molecule has 4 aromatic heterocycles. The minimum Gasteiger partial charge on any atom is -0.422 e. The number of aromatic amines is 2. The highest BCUT2D eigenvalue weighted by atomic mass is 16.7. The van der Waals surface area contributed by atoms with Gasteiger partial charge in [0.05, 0.1) is 0 Å². The predicted molar refractivity (Wildman–Crippen MR) is 113 cm³/mol. The van der Waals surface area contributed by atoms with Gasteiger partial charge in [0.15, 0.2) is 11.3 Å². The molecule has 14 nitrogen and oxygen atoms in total. The number of benzene rings is 1. The highest BCUT2D eigenvalue weighted by Crippen LogP contribution is 2.02. The molecule has 0 saturated heterocycles. The second-order valence-corrected chi connectivity index (χ2v) is 6.40. The molecule has 0 amide bonds. The number of rotatable bonds is 3. The van der Waals surface area contributed by atoms with Crippen LogP contribution in [0, 0.1) is 0 Å². The topological polar surface area (TPSA) is 191 Å². The molecule has 5 rings (SSSR count). The maximum atomic E-state index is 11.8. The number of fused-ring (bicyclic) bond motifs is 2. The quantitative estimate of drug-likeness (QED) is 0.282. The average Bonchev–Trinajstić information content (AvgIpc) is 2.84. The van der Waals surface area contributed by atoms with E-state index < -0.39 is 22.5 Å². The van der Waals surface area contributed by atoms with Gasteiger partial charge >= 0.3 is 11.4 Å². The Morgan fingerprint density at radius 2 is 1.39 bits per heavy atom. The summed E-state index contributed by atoms with van der Waals surface area (Å²) in [6.45, 7) is 0.186. The summed E-state index contributed by atoms with van der Waals surface area (Å²) in [7, 11) is 0. The van der Waals surface area contributed by atoms with Crippen LogP contribution in [0.1, 0.15) is 5.56 Å². The molecule has 0 fully saturated rings. The number of hydrogen-bond acceptors (Lipinski definition) is 10. The molecule has 0 radical (unpaired) electrons. The van der Waals surface area contributed by atoms with Gasteiger partial charge in [0.1, 0.15) is 30.0 Å². The molecule has 14 heteroatoms. The summed E-state index contributed by atoms with van der Waals surface area (Å²) in [6, 6.07) is 9.36. The van der Waals surface area contributed by atoms with Crippen LogP contribution in [0.25, 0.3) is 22.1 Å². The molecule has 0 atom stereocenters. The minimum absolute atomic E-state index is 0.0598. The molecule has 0 aliphatic carbocycles. The first-order valence-electron chi connectivity index (χ1n) is 9.22. The van der Waals surface area contributed by atoms with E-state index >= 15 is 0 Å². The van der Waals surface area contributed by atoms with Crippen molar-refractivity contribution < 1.29 is 10.0 Å². The standard InChI is InChI=1S/C13H10N4O3.C6H4N4O3/c18-12-10-6-14-8-15-11(10)17(13(19)16-12)20-7-9-4-2-1-3-5-9;11-5-3-1-7-2-8-4(3)10(13)6(12)9-5/h1-6,8H,7H2,(H,16,18,19);1-2,13H,(H,9,11,12). The Kier molecular flexibility index (Phi) is 5.71. The molecule has 0 unspecified atom stereocenters. The largest absolute Gasteiger partial charge is 0.422 e. The van der Waals surface area contributed by atoms with Crippen molar-refractivity contribution in [2.45, 2.75) is 6.61 Å². The van der Waals surface area contributed by atoms with Gasteiger partial charge in [0.2, 0.25) is 0 Å². The maximum Gasteiger partial charge on any atom is 0.363 e. The van der Waals surface area contributed by atoms with Gasteiger partial charge in [-0.25, -0.2) is 29.5 Å². The molecule has 166 valence electrons. The number of nitrogens with zero attached hydrogens (tertiary/aromatic N) is 6. The predicted octanol–water partition coefficient (Wildman–Crippen LogP) is -1.17. The van der Waals surface area contributed by atoms with E-state index in [2.05, 4.69) is 24.9 Å². The van der Waals surface area contributed by atoms with Crippen LogP contribution in [0.3, 0.4) is 0 Å². The second kappa shape index (κ2) is 8.93. The van der Waals surface area contributed by atoms with Gasteiger partial charge in [-0.2, -0.15) is 0 Å². The van der Waals surface area contributed by atoms with Crippen LogP contribution >= 0.6 is 0 Å². The van der Waals surface area contributed by atoms with Gasteiger partial charge in [-0.3, -0.25) is 19.6 Å². The first-order valence-corrected chi connectivity index (χ1v) is 9.22. The SMILES string of the molecule is O=c1[nH]c(=O)n(O)c2ncncc12.O=c1[nH]c(=O)n(OCc2ccccc2)c2ncncc12. The highest BCUT2D eigenvalue weighted by molar-refractivity contribution is 5.72. The first-order chi connectivity index (χ1) is 16.0. The Morgan fingerprint density at radius 3 is 2.06 bits per heavy atom. The third-order valence-corrected chi connectivity index (χ3v) is 4.29. The maximum absolute atomic E-state index is 11.8. The Bertz CT molecular complexity index is 1670. The third kappa shape index (κ3) is 4.34. The van der Waals surface area contributed by atoms with E-state index in [9.17, 15) is 19.2 Å². The van der Waals surface area contributed by atoms with Crippen molar-refractivity contribution >= 4 is 22.1 Å². The number of aromatic nitrogens is 8. The summed E-state index contributed by atoms with van der Waals surface area (Å²) in [5.41, 5.74) is -1.81. The Morgan fingerprint density at radius 1 is 0.818 bits per heavy atom. The van der Waals surface area contributed by atoms with E-state index in [0.717, 1.165) is 16.6 Å². The molecule has 1 aromatic carbocycles. The smallest absolute Gasteiger partial charge is 0.363 e. The zero-order chi connectivity index (χ0) is 23.4. The van der Waals surface area contributed by atoms with Crippen molar-refractivity contribution in [3.63, 3.8) is 0 Å². The fraction of sp³-hybridized carbons (Fsp3) is 0.0526. The lowest BCUT2D eigenvalue weighted by atomic mass is 10.2. The molecule has 4 heterocycles. The van der Waals surface area contributed by atoms with Crippen molar-refractivity contribution in [3.8, 4) is 0 Å². The molecular formula is C19H14N8O6. The van der Waals surface area contributed by atoms with E-state index in [-0.39, 0.29) is 33.4 Å². The summed E-state index contributed by atoms with van der Waals surface area (Å²) in [6.07, 6.45) is 4.94. The Balaban J connectivity index is 0.000000172. The zero-order valence-corrected chi connectivity index (χ0v) is 16.6. The highest BCUT2D eigenvalue weighted by Gasteiger charge is 2.09. The molecule has 0 spiro atoms. The molecule has 3 N–H and O–H groups in total. The molecule has 33 heavy (non-hydrogen) atoms. The van der Waals surface area contributed by atoms with Gasteiger partial charge in [0.25, 0.3) is 11.1 Å². The van der Waals surface area contributed by atoms with Crippen LogP contribution in [0.15, 0.2) is 74.6 Å². The van der Waals surface area contributed by atoms with Gasteiger partial charge in [0, 0.05) is 12.4 Å². The molecule has 0 bridgehead atoms. The number of H-pyrrole nitrogens is 2. The normalized spacial score (nSPS) is 10.5. The molecule has 0 saturated carbocycles. The van der Waals surface area contributed by atoms with E-state index in [1.54, 1.807) is 0 Å². The number of hydrogen-bond donors (Lipinski definition) is 3. The molecule has 5 aromatic rings. The van der Waals surface area contributed by atoms with E-state index in [1.165, 1.54) is 18.7 Å². The van der Waals surface area contributed by atoms with Gasteiger partial charge in [-0.1, -0.05) is 30.3 Å². The van der Waals surface area contributed by atoms with Crippen molar-refractivity contribution in [2.75, 3.05) is 0 Å². The van der Waals surface area contributed by atoms with E-state index in [1.807, 2.05) is 35.3 Å². The minimum atomic E-state index is -0.920. The fourth-order valence-corrected chi connectivity index (χ4v) is 2.76. The van der Waals surface area contributed by atoms with Crippen molar-refractivity contribution in [2.24, 2.45) is 0 Å². The Labute approximate surface area is 181 Å². The van der Waals surface area contributed by atoms with Crippen LogP contribution < -0.4 is 27.3 Å². The average molecular weight is 450 g/mol. The lowest BCUT2D eigenvalue weighted by molar-refractivity contribution is 0.0946. The van der Waals surface area contributed by atoms with Crippen molar-refractivity contribution in [3.05, 3.63) is 103 Å². The van der Waals surface area contributed by atoms with Crippen molar-refractivity contribution in [1.82, 2.24) is 39.4 Å². The van der Waals surface area contributed by atoms with E-state index in [0.29, 0.717) is 0 Å². The molecule has 0 aliphatic heterocycles. The summed E-state index contributed by atoms with van der Waals surface area (Å²) >= 11 is 0. The first kappa shape index (κ1) is 21.1. The van der Waals surface area contributed by atoms with Gasteiger partial charge in [-0.15, -0.1) is 9.46 Å². The van der Waals surface area contributed by atoms with Crippen LogP contribution in [-0.4, -0.2) is 44.6 Å². The second-order valence-electron chi connectivity index (χ2n) is 6.40. The summed E-state index contributed by atoms with van der Waals surface area (Å²) in [5, 5.41) is 9.38. The number of nitrogens with one attached hydrogen (secondary N) is 2. The third-order valence-electron chi connectivity index (χ3n) is 4.29. The zero-order valence-electron chi connectivity index (χ0n) is 16.6. The summed E-state index contributed by atoms with van der Waals surface area (Å²) < 4.78 is 1.23. The van der Waals surface area contributed by atoms with Gasteiger partial charge < -0.3 is 10.0 Å². The lowest BCUT2D eigenvalue weighted by Gasteiger charge is -2.09.